The van der Waals surface area contributed by atoms with Crippen LogP contribution in [0.4, 0.5) is 5.95 Å². The molecule has 1 aliphatic carbocycles. The predicted octanol–water partition coefficient (Wildman–Crippen LogP) is 2.97. The number of aromatic nitrogens is 4. The lowest BCUT2D eigenvalue weighted by Crippen LogP contribution is -2.29. The molecule has 1 saturated carbocycles. The number of hydrogen-bond donors (Lipinski definition) is 2. The molecule has 32 heavy (non-hydrogen) atoms. The van der Waals surface area contributed by atoms with Gasteiger partial charge in [0.15, 0.2) is 0 Å². The Bertz CT molecular complexity index is 1270. The number of nitrogens with one attached hydrogen (secondary N) is 2. The van der Waals surface area contributed by atoms with Gasteiger partial charge in [0.25, 0.3) is 5.56 Å². The fourth-order valence-corrected chi connectivity index (χ4v) is 4.55. The molecule has 0 bridgehead atoms. The van der Waals surface area contributed by atoms with Crippen LogP contribution in [0.2, 0.25) is 0 Å². The Labute approximate surface area is 187 Å². The standard InChI is InChI=1S/C24H30N6O2/c1-15-9-17(5-8-25-15)19-10-18(24(2)6-7-24)11-20-21(19)27-23(28-32-4)30(22(20)31)14-16-12-26-29(3)13-16/h9-13,15,25H,5-8,14H2,1-4H3,(H,27,28)/t15-/m1/s1. The normalized spacial score (nSPS) is 19.8. The zero-order valence-corrected chi connectivity index (χ0v) is 19.1. The van der Waals surface area contributed by atoms with Crippen molar-refractivity contribution in [2.45, 2.75) is 51.1 Å². The minimum atomic E-state index is -0.0756. The molecule has 0 radical (unpaired) electrons. The quantitative estimate of drug-likeness (QED) is 0.580. The molecule has 1 aromatic carbocycles. The van der Waals surface area contributed by atoms with Gasteiger partial charge in [0.1, 0.15) is 0 Å². The van der Waals surface area contributed by atoms with Crippen molar-refractivity contribution in [3.05, 3.63) is 57.6 Å². The molecule has 3 aromatic rings. The molecule has 0 amide bonds. The number of fused-ring (bicyclic) bond motifs is 1. The van der Waals surface area contributed by atoms with Gasteiger partial charge in [-0.05, 0) is 61.4 Å². The van der Waals surface area contributed by atoms with E-state index in [4.69, 9.17) is 9.82 Å². The van der Waals surface area contributed by atoms with Gasteiger partial charge < -0.3 is 5.32 Å². The highest BCUT2D eigenvalue weighted by Gasteiger charge is 2.40. The van der Waals surface area contributed by atoms with Gasteiger partial charge >= 0.3 is 0 Å². The summed E-state index contributed by atoms with van der Waals surface area (Å²) in [7, 11) is 3.39. The maximum atomic E-state index is 13.8. The molecule has 8 heteroatoms. The highest BCUT2D eigenvalue weighted by molar-refractivity contribution is 5.92. The summed E-state index contributed by atoms with van der Waals surface area (Å²) < 4.78 is 3.36. The molecular weight excluding hydrogens is 404 g/mol. The van der Waals surface area contributed by atoms with E-state index in [0.717, 1.165) is 42.5 Å². The minimum absolute atomic E-state index is 0.0756. The summed E-state index contributed by atoms with van der Waals surface area (Å²) in [4.78, 5) is 23.9. The summed E-state index contributed by atoms with van der Waals surface area (Å²) in [5, 5.41) is 8.35. The van der Waals surface area contributed by atoms with E-state index in [9.17, 15) is 4.79 Å². The molecule has 2 N–H and O–H groups in total. The maximum absolute atomic E-state index is 13.8. The van der Waals surface area contributed by atoms with E-state index in [1.807, 2.05) is 13.2 Å². The molecule has 1 aliphatic heterocycles. The average molecular weight is 435 g/mol. The van der Waals surface area contributed by atoms with Gasteiger partial charge in [0.2, 0.25) is 5.95 Å². The lowest BCUT2D eigenvalue weighted by Gasteiger charge is -2.23. The van der Waals surface area contributed by atoms with E-state index in [-0.39, 0.29) is 17.0 Å². The van der Waals surface area contributed by atoms with Gasteiger partial charge in [-0.3, -0.25) is 18.9 Å². The first kappa shape index (κ1) is 20.9. The first-order valence-electron chi connectivity index (χ1n) is 11.2. The van der Waals surface area contributed by atoms with Crippen molar-refractivity contribution in [1.82, 2.24) is 24.6 Å². The number of hydrogen-bond acceptors (Lipinski definition) is 6. The van der Waals surface area contributed by atoms with E-state index in [0.29, 0.717) is 17.9 Å². The van der Waals surface area contributed by atoms with Crippen molar-refractivity contribution < 1.29 is 4.84 Å². The Hall–Kier alpha value is -2.97. The van der Waals surface area contributed by atoms with Crippen LogP contribution in [0.15, 0.2) is 35.4 Å². The van der Waals surface area contributed by atoms with Crippen LogP contribution >= 0.6 is 0 Å². The Morgan fingerprint density at radius 2 is 2.16 bits per heavy atom. The van der Waals surface area contributed by atoms with Crippen molar-refractivity contribution >= 4 is 22.4 Å². The van der Waals surface area contributed by atoms with Gasteiger partial charge in [-0.25, -0.2) is 10.5 Å². The molecule has 8 nitrogen and oxygen atoms in total. The summed E-state index contributed by atoms with van der Waals surface area (Å²) in [6.07, 6.45) is 9.13. The molecule has 1 fully saturated rings. The smallest absolute Gasteiger partial charge is 0.263 e. The second-order valence-electron chi connectivity index (χ2n) is 9.32. The zero-order valence-electron chi connectivity index (χ0n) is 19.1. The molecule has 1 atom stereocenters. The van der Waals surface area contributed by atoms with Crippen LogP contribution in [-0.2, 0) is 23.8 Å². The van der Waals surface area contributed by atoms with Crippen LogP contribution in [0.1, 0.15) is 49.8 Å². The molecule has 2 aromatic heterocycles. The second kappa shape index (κ2) is 7.86. The third-order valence-electron chi connectivity index (χ3n) is 6.71. The highest BCUT2D eigenvalue weighted by atomic mass is 16.6. The first-order valence-corrected chi connectivity index (χ1v) is 11.2. The lowest BCUT2D eigenvalue weighted by molar-refractivity contribution is 0.264. The highest BCUT2D eigenvalue weighted by Crippen LogP contribution is 2.49. The fourth-order valence-electron chi connectivity index (χ4n) is 4.55. The average Bonchev–Trinajstić information content (AvgIpc) is 3.39. The van der Waals surface area contributed by atoms with E-state index in [1.165, 1.54) is 18.2 Å². The predicted molar refractivity (Wildman–Crippen MR) is 126 cm³/mol. The van der Waals surface area contributed by atoms with E-state index in [1.54, 1.807) is 15.4 Å². The number of benzene rings is 1. The molecule has 0 saturated heterocycles. The largest absolute Gasteiger partial charge is 0.310 e. The first-order chi connectivity index (χ1) is 15.4. The van der Waals surface area contributed by atoms with Crippen LogP contribution in [0.3, 0.4) is 0 Å². The summed E-state index contributed by atoms with van der Waals surface area (Å²) in [6, 6.07) is 4.60. The Kier molecular flexibility index (Phi) is 5.14. The van der Waals surface area contributed by atoms with Crippen molar-refractivity contribution in [3.63, 3.8) is 0 Å². The van der Waals surface area contributed by atoms with E-state index >= 15 is 0 Å². The van der Waals surface area contributed by atoms with E-state index in [2.05, 4.69) is 48.0 Å². The van der Waals surface area contributed by atoms with Crippen molar-refractivity contribution in [2.24, 2.45) is 7.05 Å². The lowest BCUT2D eigenvalue weighted by atomic mass is 9.89. The van der Waals surface area contributed by atoms with Crippen LogP contribution in [0.25, 0.3) is 16.5 Å². The molecular formula is C24H30N6O2. The van der Waals surface area contributed by atoms with Gasteiger partial charge in [-0.2, -0.15) is 5.10 Å². The Morgan fingerprint density at radius 1 is 1.34 bits per heavy atom. The molecule has 5 rings (SSSR count). The van der Waals surface area contributed by atoms with Crippen LogP contribution in [0.5, 0.6) is 0 Å². The zero-order chi connectivity index (χ0) is 22.5. The molecule has 168 valence electrons. The number of anilines is 1. The van der Waals surface area contributed by atoms with Gasteiger partial charge in [0, 0.05) is 30.4 Å². The number of nitrogens with zero attached hydrogens (tertiary/aromatic N) is 4. The van der Waals surface area contributed by atoms with Gasteiger partial charge in [-0.1, -0.05) is 13.0 Å². The third-order valence-corrected chi connectivity index (χ3v) is 6.71. The Balaban J connectivity index is 1.75. The van der Waals surface area contributed by atoms with E-state index < -0.39 is 0 Å². The summed E-state index contributed by atoms with van der Waals surface area (Å²) in [5.41, 5.74) is 8.08. The molecule has 2 aliphatic rings. The monoisotopic (exact) mass is 434 g/mol. The van der Waals surface area contributed by atoms with Gasteiger partial charge in [-0.15, -0.1) is 0 Å². The number of aryl methyl sites for hydroxylation is 1. The summed E-state index contributed by atoms with van der Waals surface area (Å²) in [5.74, 6) is 0.392. The van der Waals surface area contributed by atoms with Gasteiger partial charge in [0.05, 0.1) is 30.8 Å². The topological polar surface area (TPSA) is 86.0 Å². The third kappa shape index (κ3) is 3.73. The summed E-state index contributed by atoms with van der Waals surface area (Å²) >= 11 is 0. The fraction of sp³-hybridized carbons (Fsp3) is 0.458. The molecule has 0 spiro atoms. The Morgan fingerprint density at radius 3 is 2.81 bits per heavy atom. The van der Waals surface area contributed by atoms with Crippen LogP contribution < -0.4 is 16.4 Å². The molecule has 0 unspecified atom stereocenters. The van der Waals surface area contributed by atoms with Crippen molar-refractivity contribution in [2.75, 3.05) is 19.1 Å². The minimum Gasteiger partial charge on any atom is -0.310 e. The SMILES string of the molecule is CONc1nc2c(C3=C[C@@H](C)NCC3)cc(C3(C)CC3)cc2c(=O)n1Cc1cnn(C)c1. The van der Waals surface area contributed by atoms with Crippen LogP contribution in [0, 0.1) is 0 Å². The second-order valence-corrected chi connectivity index (χ2v) is 9.32. The maximum Gasteiger partial charge on any atom is 0.263 e. The summed E-state index contributed by atoms with van der Waals surface area (Å²) in [6.45, 7) is 5.71. The molecule has 3 heterocycles. The van der Waals surface area contributed by atoms with Crippen molar-refractivity contribution in [1.29, 1.82) is 0 Å². The number of rotatable bonds is 6. The van der Waals surface area contributed by atoms with Crippen molar-refractivity contribution in [3.8, 4) is 0 Å². The van der Waals surface area contributed by atoms with Crippen LogP contribution in [-0.4, -0.2) is 39.0 Å².